The topological polar surface area (TPSA) is 41.5 Å². The van der Waals surface area contributed by atoms with Crippen molar-refractivity contribution in [2.24, 2.45) is 5.92 Å². The number of para-hydroxylation sites is 1. The normalized spacial score (nSPS) is 15.9. The van der Waals surface area contributed by atoms with Gasteiger partial charge in [-0.3, -0.25) is 0 Å². The van der Waals surface area contributed by atoms with Gasteiger partial charge in [0.15, 0.2) is 0 Å². The van der Waals surface area contributed by atoms with Crippen LogP contribution in [0.5, 0.6) is 5.75 Å². The fraction of sp³-hybridized carbons (Fsp3) is 0.647. The Hall–Kier alpha value is -1.06. The summed E-state index contributed by atoms with van der Waals surface area (Å²) in [5, 5.41) is 13.7. The second-order valence-corrected chi connectivity index (χ2v) is 6.39. The maximum absolute atomic E-state index is 10.3. The summed E-state index contributed by atoms with van der Waals surface area (Å²) in [6.45, 7) is 8.91. The predicted octanol–water partition coefficient (Wildman–Crippen LogP) is 3.01. The molecule has 1 aromatic carbocycles. The molecule has 2 N–H and O–H groups in total. The van der Waals surface area contributed by atoms with Crippen LogP contribution in [0.2, 0.25) is 0 Å². The fourth-order valence-electron chi connectivity index (χ4n) is 2.62. The minimum absolute atomic E-state index is 0.296. The molecule has 1 rings (SSSR count). The Morgan fingerprint density at radius 2 is 1.90 bits per heavy atom. The van der Waals surface area contributed by atoms with Crippen molar-refractivity contribution in [3.63, 3.8) is 0 Å². The lowest BCUT2D eigenvalue weighted by Crippen LogP contribution is -2.43. The van der Waals surface area contributed by atoms with E-state index in [4.69, 9.17) is 4.74 Å². The van der Waals surface area contributed by atoms with E-state index in [0.717, 1.165) is 18.6 Å². The summed E-state index contributed by atoms with van der Waals surface area (Å²) in [5.74, 6) is 1.42. The molecule has 0 aromatic heterocycles. The monoisotopic (exact) mass is 279 g/mol. The van der Waals surface area contributed by atoms with Crippen LogP contribution in [0, 0.1) is 5.92 Å². The number of benzene rings is 1. The van der Waals surface area contributed by atoms with Crippen molar-refractivity contribution >= 4 is 0 Å². The van der Waals surface area contributed by atoms with E-state index in [-0.39, 0.29) is 0 Å². The first-order valence-corrected chi connectivity index (χ1v) is 7.41. The third-order valence-electron chi connectivity index (χ3n) is 3.40. The van der Waals surface area contributed by atoms with Crippen molar-refractivity contribution in [3.05, 3.63) is 29.8 Å². The van der Waals surface area contributed by atoms with E-state index < -0.39 is 5.60 Å². The van der Waals surface area contributed by atoms with E-state index in [2.05, 4.69) is 32.2 Å². The Morgan fingerprint density at radius 3 is 2.50 bits per heavy atom. The lowest BCUT2D eigenvalue weighted by molar-refractivity contribution is 0.0364. The Labute approximate surface area is 123 Å². The molecule has 0 amide bonds. The van der Waals surface area contributed by atoms with Crippen molar-refractivity contribution < 1.29 is 9.84 Å². The highest BCUT2D eigenvalue weighted by Crippen LogP contribution is 2.19. The van der Waals surface area contributed by atoms with Crippen LogP contribution in [0.1, 0.15) is 39.7 Å². The number of hydrogen-bond acceptors (Lipinski definition) is 3. The van der Waals surface area contributed by atoms with E-state index in [1.807, 2.05) is 25.1 Å². The Balaban J connectivity index is 2.49. The molecule has 2 unspecified atom stereocenters. The summed E-state index contributed by atoms with van der Waals surface area (Å²) in [4.78, 5) is 0. The van der Waals surface area contributed by atoms with E-state index >= 15 is 0 Å². The largest absolute Gasteiger partial charge is 0.496 e. The fourth-order valence-corrected chi connectivity index (χ4v) is 2.62. The highest BCUT2D eigenvalue weighted by Gasteiger charge is 2.22. The van der Waals surface area contributed by atoms with Crippen LogP contribution in [-0.4, -0.2) is 30.4 Å². The van der Waals surface area contributed by atoms with Gasteiger partial charge in [0.2, 0.25) is 0 Å². The zero-order valence-electron chi connectivity index (χ0n) is 13.4. The van der Waals surface area contributed by atoms with E-state index in [1.54, 1.807) is 7.11 Å². The van der Waals surface area contributed by atoms with Gasteiger partial charge in [-0.2, -0.15) is 0 Å². The van der Waals surface area contributed by atoms with Crippen LogP contribution < -0.4 is 10.1 Å². The number of nitrogens with one attached hydrogen (secondary N) is 1. The van der Waals surface area contributed by atoms with Gasteiger partial charge in [0.25, 0.3) is 0 Å². The highest BCUT2D eigenvalue weighted by atomic mass is 16.5. The SMILES string of the molecule is COc1ccccc1CC(C)NCC(C)(O)CC(C)C. The highest BCUT2D eigenvalue weighted by molar-refractivity contribution is 5.33. The molecule has 0 fully saturated rings. The zero-order chi connectivity index (χ0) is 15.2. The molecule has 0 heterocycles. The summed E-state index contributed by atoms with van der Waals surface area (Å²) >= 11 is 0. The van der Waals surface area contributed by atoms with Gasteiger partial charge in [-0.25, -0.2) is 0 Å². The first kappa shape index (κ1) is 17.0. The molecule has 0 saturated carbocycles. The van der Waals surface area contributed by atoms with Crippen molar-refractivity contribution in [2.75, 3.05) is 13.7 Å². The molecule has 0 aliphatic carbocycles. The van der Waals surface area contributed by atoms with Gasteiger partial charge < -0.3 is 15.2 Å². The lowest BCUT2D eigenvalue weighted by atomic mass is 9.94. The number of hydrogen-bond donors (Lipinski definition) is 2. The maximum atomic E-state index is 10.3. The van der Waals surface area contributed by atoms with Gasteiger partial charge in [-0.15, -0.1) is 0 Å². The average Bonchev–Trinajstić information content (AvgIpc) is 2.36. The van der Waals surface area contributed by atoms with Crippen molar-refractivity contribution in [1.29, 1.82) is 0 Å². The molecule has 0 bridgehead atoms. The van der Waals surface area contributed by atoms with Crippen LogP contribution in [0.25, 0.3) is 0 Å². The van der Waals surface area contributed by atoms with Crippen LogP contribution >= 0.6 is 0 Å². The lowest BCUT2D eigenvalue weighted by Gasteiger charge is -2.27. The zero-order valence-corrected chi connectivity index (χ0v) is 13.4. The number of aliphatic hydroxyl groups is 1. The second-order valence-electron chi connectivity index (χ2n) is 6.39. The molecule has 0 aliphatic heterocycles. The molecule has 3 nitrogen and oxygen atoms in total. The Kier molecular flexibility index (Phi) is 6.50. The first-order valence-electron chi connectivity index (χ1n) is 7.41. The number of rotatable bonds is 8. The summed E-state index contributed by atoms with van der Waals surface area (Å²) in [7, 11) is 1.70. The first-order chi connectivity index (χ1) is 9.34. The molecule has 0 saturated heterocycles. The van der Waals surface area contributed by atoms with Crippen LogP contribution in [-0.2, 0) is 6.42 Å². The summed E-state index contributed by atoms with van der Waals surface area (Å²) in [6.07, 6.45) is 1.70. The molecule has 20 heavy (non-hydrogen) atoms. The average molecular weight is 279 g/mol. The smallest absolute Gasteiger partial charge is 0.122 e. The Morgan fingerprint density at radius 1 is 1.25 bits per heavy atom. The summed E-state index contributed by atoms with van der Waals surface area (Å²) in [6, 6.07) is 8.37. The standard InChI is InChI=1S/C17H29NO2/c1-13(2)11-17(4,19)12-18-14(3)10-15-8-6-7-9-16(15)20-5/h6-9,13-14,18-19H,10-12H2,1-5H3. The summed E-state index contributed by atoms with van der Waals surface area (Å²) < 4.78 is 5.37. The number of ether oxygens (including phenoxy) is 1. The molecular weight excluding hydrogens is 250 g/mol. The van der Waals surface area contributed by atoms with Gasteiger partial charge in [-0.1, -0.05) is 32.0 Å². The second kappa shape index (κ2) is 7.65. The molecule has 1 aromatic rings. The predicted molar refractivity (Wildman–Crippen MR) is 84.2 cm³/mol. The molecule has 2 atom stereocenters. The third kappa shape index (κ3) is 5.93. The van der Waals surface area contributed by atoms with Crippen LogP contribution in [0.3, 0.4) is 0 Å². The van der Waals surface area contributed by atoms with Gasteiger partial charge in [0, 0.05) is 12.6 Å². The van der Waals surface area contributed by atoms with Gasteiger partial charge in [-0.05, 0) is 44.2 Å². The third-order valence-corrected chi connectivity index (χ3v) is 3.40. The van der Waals surface area contributed by atoms with Crippen LogP contribution in [0.15, 0.2) is 24.3 Å². The van der Waals surface area contributed by atoms with Crippen molar-refractivity contribution in [1.82, 2.24) is 5.32 Å². The number of methoxy groups -OCH3 is 1. The molecule has 114 valence electrons. The molecular formula is C17H29NO2. The van der Waals surface area contributed by atoms with Gasteiger partial charge in [0.1, 0.15) is 5.75 Å². The van der Waals surface area contributed by atoms with E-state index in [9.17, 15) is 5.11 Å². The maximum Gasteiger partial charge on any atom is 0.122 e. The van der Waals surface area contributed by atoms with Gasteiger partial charge in [0.05, 0.1) is 12.7 Å². The minimum Gasteiger partial charge on any atom is -0.496 e. The molecule has 3 heteroatoms. The minimum atomic E-state index is -0.650. The van der Waals surface area contributed by atoms with Crippen molar-refractivity contribution in [3.8, 4) is 5.75 Å². The molecule has 0 radical (unpaired) electrons. The van der Waals surface area contributed by atoms with Gasteiger partial charge >= 0.3 is 0 Å². The Bertz CT molecular complexity index is 402. The van der Waals surface area contributed by atoms with E-state index in [1.165, 1.54) is 5.56 Å². The molecule has 0 spiro atoms. The van der Waals surface area contributed by atoms with Crippen LogP contribution in [0.4, 0.5) is 0 Å². The van der Waals surface area contributed by atoms with E-state index in [0.29, 0.717) is 18.5 Å². The quantitative estimate of drug-likeness (QED) is 0.768. The summed E-state index contributed by atoms with van der Waals surface area (Å²) in [5.41, 5.74) is 0.543. The van der Waals surface area contributed by atoms with Crippen molar-refractivity contribution in [2.45, 2.75) is 52.2 Å². The molecule has 0 aliphatic rings.